The number of nitriles is 1. The van der Waals surface area contributed by atoms with E-state index in [1.165, 1.54) is 12.4 Å². The van der Waals surface area contributed by atoms with Crippen LogP contribution in [0.4, 0.5) is 10.3 Å². The van der Waals surface area contributed by atoms with Gasteiger partial charge in [0.15, 0.2) is 5.65 Å². The molecule has 0 spiro atoms. The van der Waals surface area contributed by atoms with Gasteiger partial charge in [-0.3, -0.25) is 4.40 Å². The fourth-order valence-electron chi connectivity index (χ4n) is 3.63. The minimum absolute atomic E-state index is 0.257. The molecule has 29 heavy (non-hydrogen) atoms. The SMILES string of the molecule is N#Cc1ccccc1-c1cnc(NCc2c(F)ccc3c2CCO3)n2cnnc12. The average Bonchev–Trinajstić information content (AvgIpc) is 3.43. The first kappa shape index (κ1) is 17.1. The first-order valence-corrected chi connectivity index (χ1v) is 9.11. The Kier molecular flexibility index (Phi) is 4.06. The Morgan fingerprint density at radius 3 is 3.00 bits per heavy atom. The van der Waals surface area contributed by atoms with E-state index in [1.807, 2.05) is 18.2 Å². The summed E-state index contributed by atoms with van der Waals surface area (Å²) < 4.78 is 21.6. The number of benzene rings is 2. The van der Waals surface area contributed by atoms with Crippen molar-refractivity contribution < 1.29 is 9.13 Å². The zero-order valence-electron chi connectivity index (χ0n) is 15.3. The molecule has 0 saturated carbocycles. The summed E-state index contributed by atoms with van der Waals surface area (Å²) in [5.41, 5.74) is 3.98. The first-order chi connectivity index (χ1) is 14.3. The van der Waals surface area contributed by atoms with Crippen LogP contribution in [0.15, 0.2) is 48.9 Å². The second-order valence-electron chi connectivity index (χ2n) is 6.63. The van der Waals surface area contributed by atoms with E-state index >= 15 is 0 Å². The predicted molar refractivity (Wildman–Crippen MR) is 104 cm³/mol. The monoisotopic (exact) mass is 386 g/mol. The van der Waals surface area contributed by atoms with E-state index in [0.29, 0.717) is 41.3 Å². The molecule has 1 N–H and O–H groups in total. The zero-order valence-corrected chi connectivity index (χ0v) is 15.3. The number of hydrogen-bond acceptors (Lipinski definition) is 6. The molecule has 2 aromatic carbocycles. The number of fused-ring (bicyclic) bond motifs is 2. The fourth-order valence-corrected chi connectivity index (χ4v) is 3.63. The Hall–Kier alpha value is -3.99. The number of nitrogens with zero attached hydrogens (tertiary/aromatic N) is 5. The molecule has 0 atom stereocenters. The molecule has 0 fully saturated rings. The molecule has 3 heterocycles. The molecule has 0 saturated heterocycles. The van der Waals surface area contributed by atoms with Crippen molar-refractivity contribution in [1.82, 2.24) is 19.6 Å². The molecule has 7 nitrogen and oxygen atoms in total. The Morgan fingerprint density at radius 1 is 1.21 bits per heavy atom. The van der Waals surface area contributed by atoms with Crippen molar-refractivity contribution in [1.29, 1.82) is 5.26 Å². The lowest BCUT2D eigenvalue weighted by Crippen LogP contribution is -2.09. The van der Waals surface area contributed by atoms with Gasteiger partial charge in [-0.2, -0.15) is 5.26 Å². The quantitative estimate of drug-likeness (QED) is 0.579. The number of anilines is 1. The molecule has 0 amide bonds. The molecule has 0 aliphatic carbocycles. The van der Waals surface area contributed by atoms with Gasteiger partial charge in [0.05, 0.1) is 18.2 Å². The average molecular weight is 386 g/mol. The first-order valence-electron chi connectivity index (χ1n) is 9.11. The predicted octanol–water partition coefficient (Wildman–Crippen LogP) is 3.35. The second-order valence-corrected chi connectivity index (χ2v) is 6.63. The molecule has 0 radical (unpaired) electrons. The summed E-state index contributed by atoms with van der Waals surface area (Å²) >= 11 is 0. The van der Waals surface area contributed by atoms with Crippen LogP contribution in [-0.4, -0.2) is 26.2 Å². The molecule has 0 bridgehead atoms. The summed E-state index contributed by atoms with van der Waals surface area (Å²) in [5.74, 6) is 0.939. The van der Waals surface area contributed by atoms with Gasteiger partial charge >= 0.3 is 0 Å². The van der Waals surface area contributed by atoms with Gasteiger partial charge < -0.3 is 10.1 Å². The molecule has 4 aromatic rings. The van der Waals surface area contributed by atoms with Crippen LogP contribution in [0.1, 0.15) is 16.7 Å². The number of rotatable bonds is 4. The van der Waals surface area contributed by atoms with E-state index in [0.717, 1.165) is 16.9 Å². The van der Waals surface area contributed by atoms with Crippen LogP contribution in [0, 0.1) is 17.1 Å². The second kappa shape index (κ2) is 6.87. The smallest absolute Gasteiger partial charge is 0.210 e. The van der Waals surface area contributed by atoms with Crippen molar-refractivity contribution >= 4 is 11.6 Å². The molecule has 1 aliphatic rings. The Morgan fingerprint density at radius 2 is 2.10 bits per heavy atom. The summed E-state index contributed by atoms with van der Waals surface area (Å²) in [6.07, 6.45) is 3.87. The number of ether oxygens (including phenoxy) is 1. The van der Waals surface area contributed by atoms with Crippen molar-refractivity contribution in [2.24, 2.45) is 0 Å². The number of halogens is 1. The van der Waals surface area contributed by atoms with Crippen LogP contribution in [-0.2, 0) is 13.0 Å². The lowest BCUT2D eigenvalue weighted by molar-refractivity contribution is 0.356. The van der Waals surface area contributed by atoms with E-state index in [9.17, 15) is 9.65 Å². The standard InChI is InChI=1S/C21H15FN6O/c22-18-5-6-19-15(7-8-29-19)16(18)10-24-21-25-11-17(20-27-26-12-28(20)21)14-4-2-1-3-13(14)9-23/h1-6,11-12H,7-8,10H2,(H,24,25). The maximum absolute atomic E-state index is 14.4. The van der Waals surface area contributed by atoms with Gasteiger partial charge in [-0.15, -0.1) is 10.2 Å². The Bertz CT molecular complexity index is 1280. The summed E-state index contributed by atoms with van der Waals surface area (Å²) in [4.78, 5) is 4.48. The van der Waals surface area contributed by atoms with E-state index in [2.05, 4.69) is 26.6 Å². The van der Waals surface area contributed by atoms with Crippen LogP contribution in [0.5, 0.6) is 5.75 Å². The molecular formula is C21H15FN6O. The van der Waals surface area contributed by atoms with Crippen LogP contribution in [0.3, 0.4) is 0 Å². The van der Waals surface area contributed by atoms with Crippen molar-refractivity contribution in [2.45, 2.75) is 13.0 Å². The van der Waals surface area contributed by atoms with Gasteiger partial charge in [0.1, 0.15) is 17.9 Å². The lowest BCUT2D eigenvalue weighted by Gasteiger charge is -2.13. The van der Waals surface area contributed by atoms with Crippen molar-refractivity contribution in [3.8, 4) is 22.9 Å². The number of aromatic nitrogens is 4. The highest BCUT2D eigenvalue weighted by atomic mass is 19.1. The van der Waals surface area contributed by atoms with Gasteiger partial charge in [0.25, 0.3) is 0 Å². The summed E-state index contributed by atoms with van der Waals surface area (Å²) in [7, 11) is 0. The highest BCUT2D eigenvalue weighted by molar-refractivity contribution is 5.81. The molecule has 2 aromatic heterocycles. The van der Waals surface area contributed by atoms with Crippen LogP contribution in [0.2, 0.25) is 0 Å². The van der Waals surface area contributed by atoms with Gasteiger partial charge in [0.2, 0.25) is 5.95 Å². The van der Waals surface area contributed by atoms with Gasteiger partial charge in [-0.05, 0) is 18.2 Å². The zero-order chi connectivity index (χ0) is 19.8. The minimum atomic E-state index is -0.277. The normalized spacial score (nSPS) is 12.4. The molecule has 142 valence electrons. The van der Waals surface area contributed by atoms with Crippen molar-refractivity contribution in [2.75, 3.05) is 11.9 Å². The number of nitrogens with one attached hydrogen (secondary N) is 1. The summed E-state index contributed by atoms with van der Waals surface area (Å²) in [5, 5.41) is 20.8. The number of hydrogen-bond donors (Lipinski definition) is 1. The fraction of sp³-hybridized carbons (Fsp3) is 0.143. The van der Waals surface area contributed by atoms with Gasteiger partial charge in [-0.1, -0.05) is 18.2 Å². The highest BCUT2D eigenvalue weighted by Crippen LogP contribution is 2.31. The van der Waals surface area contributed by atoms with Crippen molar-refractivity contribution in [3.63, 3.8) is 0 Å². The summed E-state index contributed by atoms with van der Waals surface area (Å²) in [6, 6.07) is 12.5. The van der Waals surface area contributed by atoms with E-state index < -0.39 is 0 Å². The highest BCUT2D eigenvalue weighted by Gasteiger charge is 2.20. The van der Waals surface area contributed by atoms with E-state index in [1.54, 1.807) is 22.7 Å². The van der Waals surface area contributed by atoms with Crippen molar-refractivity contribution in [3.05, 3.63) is 71.4 Å². The topological polar surface area (TPSA) is 88.1 Å². The van der Waals surface area contributed by atoms with Crippen LogP contribution < -0.4 is 10.1 Å². The van der Waals surface area contributed by atoms with Crippen LogP contribution >= 0.6 is 0 Å². The largest absolute Gasteiger partial charge is 0.493 e. The third-order valence-electron chi connectivity index (χ3n) is 5.03. The van der Waals surface area contributed by atoms with Crippen LogP contribution in [0.25, 0.3) is 16.8 Å². The van der Waals surface area contributed by atoms with Gasteiger partial charge in [-0.25, -0.2) is 9.37 Å². The maximum atomic E-state index is 14.4. The molecular weight excluding hydrogens is 371 g/mol. The summed E-state index contributed by atoms with van der Waals surface area (Å²) in [6.45, 7) is 0.819. The van der Waals surface area contributed by atoms with Gasteiger partial charge in [0, 0.05) is 41.4 Å². The lowest BCUT2D eigenvalue weighted by atomic mass is 10.0. The van der Waals surface area contributed by atoms with E-state index in [-0.39, 0.29) is 12.4 Å². The minimum Gasteiger partial charge on any atom is -0.493 e. The maximum Gasteiger partial charge on any atom is 0.210 e. The molecule has 5 rings (SSSR count). The Labute approximate surface area is 165 Å². The molecule has 0 unspecified atom stereocenters. The third kappa shape index (κ3) is 2.84. The molecule has 1 aliphatic heterocycles. The molecule has 8 heteroatoms. The van der Waals surface area contributed by atoms with E-state index in [4.69, 9.17) is 4.74 Å². The third-order valence-corrected chi connectivity index (χ3v) is 5.03. The Balaban J connectivity index is 1.52.